The van der Waals surface area contributed by atoms with Crippen molar-refractivity contribution in [3.8, 4) is 11.5 Å². The average molecular weight is 262 g/mol. The van der Waals surface area contributed by atoms with Crippen molar-refractivity contribution in [3.05, 3.63) is 17.7 Å². The second kappa shape index (κ2) is 4.93. The quantitative estimate of drug-likeness (QED) is 0.882. The number of ether oxygens (including phenoxy) is 2. The van der Waals surface area contributed by atoms with Gasteiger partial charge in [0.2, 0.25) is 0 Å². The second-order valence-electron chi connectivity index (χ2n) is 5.51. The molecule has 2 aliphatic heterocycles. The van der Waals surface area contributed by atoms with E-state index in [0.717, 1.165) is 31.1 Å². The predicted molar refractivity (Wildman–Crippen MR) is 76.5 cm³/mol. The monoisotopic (exact) mass is 262 g/mol. The van der Waals surface area contributed by atoms with Gasteiger partial charge in [0, 0.05) is 31.9 Å². The predicted octanol–water partition coefficient (Wildman–Crippen LogP) is 1.85. The minimum atomic E-state index is 0.646. The van der Waals surface area contributed by atoms with Crippen LogP contribution in [0.1, 0.15) is 17.9 Å². The summed E-state index contributed by atoms with van der Waals surface area (Å²) >= 11 is 0. The summed E-state index contributed by atoms with van der Waals surface area (Å²) in [5.74, 6) is 3.01. The number of hydrogen-bond acceptors (Lipinski definition) is 4. The van der Waals surface area contributed by atoms with Gasteiger partial charge in [-0.25, -0.2) is 0 Å². The molecule has 0 spiro atoms. The Balaban J connectivity index is 2.07. The van der Waals surface area contributed by atoms with E-state index in [-0.39, 0.29) is 0 Å². The first-order chi connectivity index (χ1) is 9.24. The molecular weight excluding hydrogens is 240 g/mol. The van der Waals surface area contributed by atoms with Gasteiger partial charge in [0.15, 0.2) is 11.5 Å². The van der Waals surface area contributed by atoms with Crippen LogP contribution in [0.15, 0.2) is 12.1 Å². The molecule has 0 radical (unpaired) electrons. The van der Waals surface area contributed by atoms with Crippen LogP contribution in [0, 0.1) is 5.92 Å². The van der Waals surface area contributed by atoms with Crippen LogP contribution in [0.4, 0.5) is 5.69 Å². The summed E-state index contributed by atoms with van der Waals surface area (Å²) < 4.78 is 10.9. The highest BCUT2D eigenvalue weighted by Gasteiger charge is 2.34. The first kappa shape index (κ1) is 12.6. The van der Waals surface area contributed by atoms with E-state index in [1.54, 1.807) is 14.2 Å². The molecule has 1 aromatic rings. The van der Waals surface area contributed by atoms with Gasteiger partial charge in [-0.3, -0.25) is 0 Å². The van der Waals surface area contributed by atoms with Gasteiger partial charge in [-0.15, -0.1) is 0 Å². The number of methoxy groups -OCH3 is 2. The minimum absolute atomic E-state index is 0.646. The highest BCUT2D eigenvalue weighted by molar-refractivity contribution is 5.64. The zero-order valence-electron chi connectivity index (χ0n) is 11.9. The summed E-state index contributed by atoms with van der Waals surface area (Å²) in [5, 5.41) is 3.50. The third-order valence-corrected chi connectivity index (χ3v) is 4.46. The first-order valence-corrected chi connectivity index (χ1v) is 6.92. The molecule has 19 heavy (non-hydrogen) atoms. The van der Waals surface area contributed by atoms with Crippen LogP contribution < -0.4 is 19.7 Å². The largest absolute Gasteiger partial charge is 0.493 e. The minimum Gasteiger partial charge on any atom is -0.493 e. The number of anilines is 1. The summed E-state index contributed by atoms with van der Waals surface area (Å²) in [5.41, 5.74) is 2.71. The number of fused-ring (bicyclic) bond motifs is 3. The highest BCUT2D eigenvalue weighted by atomic mass is 16.5. The number of nitrogens with zero attached hydrogens (tertiary/aromatic N) is 1. The second-order valence-corrected chi connectivity index (χ2v) is 5.51. The number of hydrogen-bond donors (Lipinski definition) is 1. The van der Waals surface area contributed by atoms with Gasteiger partial charge >= 0.3 is 0 Å². The lowest BCUT2D eigenvalue weighted by molar-refractivity contribution is 0.314. The zero-order chi connectivity index (χ0) is 13.4. The fourth-order valence-corrected chi connectivity index (χ4v) is 3.49. The van der Waals surface area contributed by atoms with Gasteiger partial charge in [-0.05, 0) is 36.4 Å². The van der Waals surface area contributed by atoms with E-state index in [1.165, 1.54) is 17.7 Å². The normalized spacial score (nSPS) is 25.5. The Morgan fingerprint density at radius 3 is 2.68 bits per heavy atom. The highest BCUT2D eigenvalue weighted by Crippen LogP contribution is 2.45. The maximum atomic E-state index is 5.46. The van der Waals surface area contributed by atoms with E-state index >= 15 is 0 Å². The van der Waals surface area contributed by atoms with Gasteiger partial charge in [-0.2, -0.15) is 0 Å². The Hall–Kier alpha value is -1.42. The average Bonchev–Trinajstić information content (AvgIpc) is 2.46. The molecule has 2 heterocycles. The van der Waals surface area contributed by atoms with Crippen molar-refractivity contribution < 1.29 is 9.47 Å². The van der Waals surface area contributed by atoms with Crippen molar-refractivity contribution in [3.63, 3.8) is 0 Å². The number of rotatable bonds is 2. The Morgan fingerprint density at radius 2 is 1.95 bits per heavy atom. The molecule has 1 N–H and O–H groups in total. The zero-order valence-corrected chi connectivity index (χ0v) is 11.9. The van der Waals surface area contributed by atoms with Crippen LogP contribution in [-0.2, 0) is 0 Å². The van der Waals surface area contributed by atoms with Crippen molar-refractivity contribution in [2.24, 2.45) is 5.92 Å². The summed E-state index contributed by atoms with van der Waals surface area (Å²) in [4.78, 5) is 2.34. The Morgan fingerprint density at radius 1 is 1.21 bits per heavy atom. The van der Waals surface area contributed by atoms with Crippen LogP contribution in [0.2, 0.25) is 0 Å². The van der Waals surface area contributed by atoms with E-state index < -0.39 is 0 Å². The molecular formula is C15H22N2O2. The van der Waals surface area contributed by atoms with E-state index in [4.69, 9.17) is 9.47 Å². The molecule has 3 rings (SSSR count). The van der Waals surface area contributed by atoms with E-state index in [9.17, 15) is 0 Å². The summed E-state index contributed by atoms with van der Waals surface area (Å²) in [6, 6.07) is 4.29. The third kappa shape index (κ3) is 2.04. The third-order valence-electron chi connectivity index (χ3n) is 4.46. The molecule has 0 aromatic heterocycles. The summed E-state index contributed by atoms with van der Waals surface area (Å²) in [6.45, 7) is 3.33. The van der Waals surface area contributed by atoms with Crippen molar-refractivity contribution in [1.29, 1.82) is 0 Å². The standard InChI is InChI=1S/C15H22N2O2/c1-17-9-10-8-16-5-4-11(10)12-6-14(18-2)15(19-3)7-13(12)17/h6-7,10-11,16H,4-5,8-9H2,1-3H3. The molecule has 2 unspecified atom stereocenters. The summed E-state index contributed by atoms with van der Waals surface area (Å²) in [6.07, 6.45) is 1.21. The van der Waals surface area contributed by atoms with Gasteiger partial charge in [0.25, 0.3) is 0 Å². The van der Waals surface area contributed by atoms with Crippen LogP contribution in [0.5, 0.6) is 11.5 Å². The molecule has 2 atom stereocenters. The lowest BCUT2D eigenvalue weighted by Gasteiger charge is -2.42. The molecule has 1 fully saturated rings. The van der Waals surface area contributed by atoms with Crippen molar-refractivity contribution in [1.82, 2.24) is 5.32 Å². The van der Waals surface area contributed by atoms with Gasteiger partial charge < -0.3 is 19.7 Å². The lowest BCUT2D eigenvalue weighted by atomic mass is 9.77. The first-order valence-electron chi connectivity index (χ1n) is 6.92. The summed E-state index contributed by atoms with van der Waals surface area (Å²) in [7, 11) is 5.56. The molecule has 0 amide bonds. The molecule has 1 aromatic carbocycles. The SMILES string of the molecule is COc1cc2c(cc1OC)N(C)CC1CNCCC21. The number of benzene rings is 1. The Labute approximate surface area is 114 Å². The van der Waals surface area contributed by atoms with Crippen LogP contribution >= 0.6 is 0 Å². The van der Waals surface area contributed by atoms with Gasteiger partial charge in [0.1, 0.15) is 0 Å². The van der Waals surface area contributed by atoms with E-state index in [0.29, 0.717) is 11.8 Å². The van der Waals surface area contributed by atoms with Gasteiger partial charge in [0.05, 0.1) is 14.2 Å². The number of nitrogens with one attached hydrogen (secondary N) is 1. The molecule has 4 heteroatoms. The molecule has 0 bridgehead atoms. The maximum Gasteiger partial charge on any atom is 0.162 e. The molecule has 4 nitrogen and oxygen atoms in total. The fourth-order valence-electron chi connectivity index (χ4n) is 3.49. The van der Waals surface area contributed by atoms with Crippen molar-refractivity contribution in [2.75, 3.05) is 45.8 Å². The Kier molecular flexibility index (Phi) is 3.27. The van der Waals surface area contributed by atoms with Crippen molar-refractivity contribution in [2.45, 2.75) is 12.3 Å². The maximum absolute atomic E-state index is 5.46. The van der Waals surface area contributed by atoms with Gasteiger partial charge in [-0.1, -0.05) is 0 Å². The van der Waals surface area contributed by atoms with Crippen molar-refractivity contribution >= 4 is 5.69 Å². The molecule has 1 saturated heterocycles. The molecule has 104 valence electrons. The number of piperidine rings is 1. The van der Waals surface area contributed by atoms with Crippen LogP contribution in [0.25, 0.3) is 0 Å². The van der Waals surface area contributed by atoms with Crippen LogP contribution in [0.3, 0.4) is 0 Å². The van der Waals surface area contributed by atoms with E-state index in [1.807, 2.05) is 0 Å². The fraction of sp³-hybridized carbons (Fsp3) is 0.600. The molecule has 0 saturated carbocycles. The topological polar surface area (TPSA) is 33.7 Å². The van der Waals surface area contributed by atoms with Crippen LogP contribution in [-0.4, -0.2) is 40.9 Å². The lowest BCUT2D eigenvalue weighted by Crippen LogP contribution is -2.44. The molecule has 0 aliphatic carbocycles. The molecule has 2 aliphatic rings. The van der Waals surface area contributed by atoms with E-state index in [2.05, 4.69) is 29.4 Å². The Bertz CT molecular complexity index is 475. The smallest absolute Gasteiger partial charge is 0.162 e.